The number of aromatic nitrogens is 1. The molecule has 0 aliphatic heterocycles. The Bertz CT molecular complexity index is 714. The predicted octanol–water partition coefficient (Wildman–Crippen LogP) is 3.60. The number of ether oxygens (including phenoxy) is 1. The monoisotopic (exact) mass is 314 g/mol. The Labute approximate surface area is 138 Å². The summed E-state index contributed by atoms with van der Waals surface area (Å²) in [5, 5.41) is 4.10. The van der Waals surface area contributed by atoms with Gasteiger partial charge in [-0.1, -0.05) is 12.2 Å². The number of amides is 1. The summed E-state index contributed by atoms with van der Waals surface area (Å²) in [5.41, 5.74) is 4.31. The molecule has 0 spiro atoms. The van der Waals surface area contributed by atoms with Crippen molar-refractivity contribution in [3.8, 4) is 0 Å². The second-order valence-electron chi connectivity index (χ2n) is 5.70. The predicted molar refractivity (Wildman–Crippen MR) is 95.1 cm³/mol. The van der Waals surface area contributed by atoms with Crippen LogP contribution in [-0.2, 0) is 11.3 Å². The third kappa shape index (κ3) is 3.82. The fourth-order valence-electron chi connectivity index (χ4n) is 2.80. The number of rotatable bonds is 7. The van der Waals surface area contributed by atoms with Crippen molar-refractivity contribution in [2.24, 2.45) is 0 Å². The third-order valence-corrected chi connectivity index (χ3v) is 4.25. The minimum atomic E-state index is -0.0157. The molecule has 124 valence electrons. The molecule has 4 heteroatoms. The maximum Gasteiger partial charge on any atom is 0.251 e. The first kappa shape index (κ1) is 17.3. The van der Waals surface area contributed by atoms with E-state index >= 15 is 0 Å². The second-order valence-corrected chi connectivity index (χ2v) is 5.70. The summed E-state index contributed by atoms with van der Waals surface area (Å²) in [5.74, 6) is -0.0157. The molecule has 0 bridgehead atoms. The summed E-state index contributed by atoms with van der Waals surface area (Å²) in [4.78, 5) is 12.3. The maximum atomic E-state index is 12.3. The molecule has 23 heavy (non-hydrogen) atoms. The molecule has 1 N–H and O–H groups in total. The summed E-state index contributed by atoms with van der Waals surface area (Å²) < 4.78 is 7.45. The van der Waals surface area contributed by atoms with Crippen molar-refractivity contribution >= 4 is 16.8 Å². The van der Waals surface area contributed by atoms with Gasteiger partial charge in [0, 0.05) is 42.4 Å². The van der Waals surface area contributed by atoms with E-state index in [0.29, 0.717) is 18.7 Å². The van der Waals surface area contributed by atoms with Gasteiger partial charge in [-0.25, -0.2) is 0 Å². The van der Waals surface area contributed by atoms with E-state index < -0.39 is 0 Å². The van der Waals surface area contributed by atoms with Gasteiger partial charge in [0.05, 0.1) is 6.61 Å². The van der Waals surface area contributed by atoms with Crippen LogP contribution in [0.1, 0.15) is 35.0 Å². The Hall–Kier alpha value is -2.07. The van der Waals surface area contributed by atoms with E-state index in [9.17, 15) is 4.79 Å². The van der Waals surface area contributed by atoms with E-state index in [2.05, 4.69) is 23.7 Å². The zero-order valence-corrected chi connectivity index (χ0v) is 14.5. The van der Waals surface area contributed by atoms with E-state index in [-0.39, 0.29) is 5.91 Å². The maximum absolute atomic E-state index is 12.3. The van der Waals surface area contributed by atoms with Crippen molar-refractivity contribution in [1.29, 1.82) is 0 Å². The highest BCUT2D eigenvalue weighted by molar-refractivity contribution is 5.99. The number of nitrogens with zero attached hydrogens (tertiary/aromatic N) is 1. The summed E-state index contributed by atoms with van der Waals surface area (Å²) >= 11 is 0. The van der Waals surface area contributed by atoms with Gasteiger partial charge in [0.2, 0.25) is 0 Å². The summed E-state index contributed by atoms with van der Waals surface area (Å²) in [6.45, 7) is 8.36. The van der Waals surface area contributed by atoms with Crippen LogP contribution in [0.25, 0.3) is 10.9 Å². The number of carbonyl (C=O) groups excluding carboxylic acids is 1. The molecule has 0 saturated carbocycles. The van der Waals surface area contributed by atoms with Gasteiger partial charge in [-0.15, -0.1) is 0 Å². The quantitative estimate of drug-likeness (QED) is 0.627. The van der Waals surface area contributed by atoms with Crippen LogP contribution in [0, 0.1) is 13.8 Å². The second kappa shape index (κ2) is 7.97. The Morgan fingerprint density at radius 2 is 2.13 bits per heavy atom. The summed E-state index contributed by atoms with van der Waals surface area (Å²) in [6.07, 6.45) is 4.90. The minimum absolute atomic E-state index is 0.0157. The number of fused-ring (bicyclic) bond motifs is 1. The number of hydrogen-bond acceptors (Lipinski definition) is 2. The van der Waals surface area contributed by atoms with Crippen LogP contribution in [0.2, 0.25) is 0 Å². The Morgan fingerprint density at radius 3 is 2.83 bits per heavy atom. The molecular weight excluding hydrogens is 288 g/mol. The first-order chi connectivity index (χ1) is 11.1. The smallest absolute Gasteiger partial charge is 0.251 e. The molecule has 1 aromatic carbocycles. The fraction of sp³-hybridized carbons (Fsp3) is 0.421. The van der Waals surface area contributed by atoms with Crippen LogP contribution in [0.15, 0.2) is 30.4 Å². The average molecular weight is 314 g/mol. The number of carbonyl (C=O) groups is 1. The molecule has 0 unspecified atom stereocenters. The molecule has 2 rings (SSSR count). The van der Waals surface area contributed by atoms with E-state index in [1.807, 2.05) is 37.3 Å². The molecule has 2 aromatic rings. The topological polar surface area (TPSA) is 43.3 Å². The van der Waals surface area contributed by atoms with Gasteiger partial charge in [0.1, 0.15) is 0 Å². The van der Waals surface area contributed by atoms with E-state index in [1.165, 1.54) is 11.3 Å². The van der Waals surface area contributed by atoms with Gasteiger partial charge in [0.15, 0.2) is 0 Å². The number of methoxy groups -OCH3 is 1. The van der Waals surface area contributed by atoms with Gasteiger partial charge in [-0.2, -0.15) is 0 Å². The molecule has 0 fully saturated rings. The molecule has 0 aliphatic carbocycles. The van der Waals surface area contributed by atoms with Crippen molar-refractivity contribution < 1.29 is 9.53 Å². The van der Waals surface area contributed by atoms with Gasteiger partial charge in [-0.05, 0) is 51.0 Å². The number of aryl methyl sites for hydroxylation is 1. The molecule has 4 nitrogen and oxygen atoms in total. The standard InChI is InChI=1S/C19H26N2O2/c1-5-6-7-10-20-19(22)16-8-9-18-17(13-16)14(2)15(3)21(18)11-12-23-4/h5-6,8-9,13H,7,10-12H2,1-4H3,(H,20,22)/b6-5+. The van der Waals surface area contributed by atoms with Crippen LogP contribution in [-0.4, -0.2) is 30.7 Å². The van der Waals surface area contributed by atoms with Crippen LogP contribution in [0.5, 0.6) is 0 Å². The van der Waals surface area contributed by atoms with E-state index in [0.717, 1.165) is 23.9 Å². The highest BCUT2D eigenvalue weighted by atomic mass is 16.5. The zero-order chi connectivity index (χ0) is 16.8. The highest BCUT2D eigenvalue weighted by Crippen LogP contribution is 2.26. The Morgan fingerprint density at radius 1 is 1.35 bits per heavy atom. The van der Waals surface area contributed by atoms with Crippen molar-refractivity contribution in [2.45, 2.75) is 33.7 Å². The van der Waals surface area contributed by atoms with Gasteiger partial charge in [0.25, 0.3) is 5.91 Å². The van der Waals surface area contributed by atoms with Crippen LogP contribution in [0.4, 0.5) is 0 Å². The fourth-order valence-corrected chi connectivity index (χ4v) is 2.80. The molecule has 0 radical (unpaired) electrons. The van der Waals surface area contributed by atoms with Crippen molar-refractivity contribution in [3.63, 3.8) is 0 Å². The van der Waals surface area contributed by atoms with Crippen molar-refractivity contribution in [2.75, 3.05) is 20.3 Å². The molecule has 0 aliphatic rings. The lowest BCUT2D eigenvalue weighted by Gasteiger charge is -2.08. The number of benzene rings is 1. The summed E-state index contributed by atoms with van der Waals surface area (Å²) in [7, 11) is 1.71. The molecule has 1 aromatic heterocycles. The molecule has 1 amide bonds. The number of allylic oxidation sites excluding steroid dienone is 1. The molecular formula is C19H26N2O2. The SMILES string of the molecule is C/C=C/CCNC(=O)c1ccc2c(c1)c(C)c(C)n2CCOC. The van der Waals surface area contributed by atoms with Gasteiger partial charge in [-0.3, -0.25) is 4.79 Å². The number of nitrogens with one attached hydrogen (secondary N) is 1. The van der Waals surface area contributed by atoms with E-state index in [1.54, 1.807) is 7.11 Å². The third-order valence-electron chi connectivity index (χ3n) is 4.25. The molecule has 0 atom stereocenters. The van der Waals surface area contributed by atoms with Crippen LogP contribution >= 0.6 is 0 Å². The van der Waals surface area contributed by atoms with E-state index in [4.69, 9.17) is 4.74 Å². The average Bonchev–Trinajstić information content (AvgIpc) is 2.80. The molecule has 1 heterocycles. The Balaban J connectivity index is 2.25. The van der Waals surface area contributed by atoms with Gasteiger partial charge >= 0.3 is 0 Å². The first-order valence-electron chi connectivity index (χ1n) is 8.08. The summed E-state index contributed by atoms with van der Waals surface area (Å²) in [6, 6.07) is 5.92. The zero-order valence-electron chi connectivity index (χ0n) is 14.5. The van der Waals surface area contributed by atoms with Gasteiger partial charge < -0.3 is 14.6 Å². The normalized spacial score (nSPS) is 11.5. The number of hydrogen-bond donors (Lipinski definition) is 1. The Kier molecular flexibility index (Phi) is 5.99. The minimum Gasteiger partial charge on any atom is -0.383 e. The van der Waals surface area contributed by atoms with Crippen LogP contribution in [0.3, 0.4) is 0 Å². The van der Waals surface area contributed by atoms with Crippen LogP contribution < -0.4 is 5.32 Å². The first-order valence-corrected chi connectivity index (χ1v) is 8.08. The molecule has 0 saturated heterocycles. The van der Waals surface area contributed by atoms with Crippen molar-refractivity contribution in [3.05, 3.63) is 47.2 Å². The van der Waals surface area contributed by atoms with Crippen molar-refractivity contribution in [1.82, 2.24) is 9.88 Å². The highest BCUT2D eigenvalue weighted by Gasteiger charge is 2.13. The lowest BCUT2D eigenvalue weighted by molar-refractivity contribution is 0.0954. The lowest BCUT2D eigenvalue weighted by Crippen LogP contribution is -2.24. The lowest BCUT2D eigenvalue weighted by atomic mass is 10.1. The largest absolute Gasteiger partial charge is 0.383 e.